The number of amides is 2. The van der Waals surface area contributed by atoms with Crippen molar-refractivity contribution in [3.05, 3.63) is 75.6 Å². The summed E-state index contributed by atoms with van der Waals surface area (Å²) in [6, 6.07) is 11.0. The Kier molecular flexibility index (Phi) is 8.90. The van der Waals surface area contributed by atoms with Gasteiger partial charge in [-0.2, -0.15) is 0 Å². The molecule has 2 aliphatic rings. The number of hydrogen-bond acceptors (Lipinski definition) is 9. The number of aromatic nitrogens is 3. The molecule has 0 radical (unpaired) electrons. The lowest BCUT2D eigenvalue weighted by atomic mass is 9.82. The number of non-ortho nitro benzene ring substituents is 1. The molecule has 0 bridgehead atoms. The minimum Gasteiger partial charge on any atom is -0.396 e. The molecule has 0 saturated carbocycles. The molecule has 5 atom stereocenters. The number of hydrogen-bond donors (Lipinski definition) is 3. The summed E-state index contributed by atoms with van der Waals surface area (Å²) >= 11 is 0. The Morgan fingerprint density at radius 2 is 1.98 bits per heavy atom. The van der Waals surface area contributed by atoms with Gasteiger partial charge in [0.25, 0.3) is 17.5 Å². The predicted octanol–water partition coefficient (Wildman–Crippen LogP) is 3.45. The maximum atomic E-state index is 16.1. The van der Waals surface area contributed by atoms with Crippen molar-refractivity contribution in [3.63, 3.8) is 0 Å². The van der Waals surface area contributed by atoms with Crippen LogP contribution in [0.3, 0.4) is 0 Å². The van der Waals surface area contributed by atoms with E-state index < -0.39 is 54.4 Å². The fraction of sp³-hybridized carbons (Fsp3) is 0.467. The smallest absolute Gasteiger partial charge is 0.269 e. The highest BCUT2D eigenvalue weighted by molar-refractivity contribution is 6.72. The number of benzene rings is 2. The van der Waals surface area contributed by atoms with Crippen LogP contribution in [-0.2, 0) is 39.4 Å². The van der Waals surface area contributed by atoms with E-state index in [-0.39, 0.29) is 18.8 Å². The molecule has 3 aromatic rings. The molecular formula is C30H37FN6O7Si. The molecule has 15 heteroatoms. The molecule has 13 nitrogen and oxygen atoms in total. The average Bonchev–Trinajstić information content (AvgIpc) is 3.62. The van der Waals surface area contributed by atoms with Gasteiger partial charge in [0, 0.05) is 60.6 Å². The second kappa shape index (κ2) is 12.4. The molecule has 0 unspecified atom stereocenters. The molecule has 2 aromatic carbocycles. The molecule has 2 aliphatic heterocycles. The monoisotopic (exact) mass is 640 g/mol. The summed E-state index contributed by atoms with van der Waals surface area (Å²) in [6.07, 6.45) is 0.536. The minimum atomic E-state index is -3.46. The van der Waals surface area contributed by atoms with Crippen LogP contribution in [0, 0.1) is 16.0 Å². The lowest BCUT2D eigenvalue weighted by Crippen LogP contribution is -2.45. The van der Waals surface area contributed by atoms with Gasteiger partial charge in [-0.1, -0.05) is 24.3 Å². The Labute approximate surface area is 260 Å². The fourth-order valence-electron chi connectivity index (χ4n) is 6.63. The molecule has 0 aliphatic carbocycles. The number of anilines is 2. The zero-order valence-corrected chi connectivity index (χ0v) is 26.5. The molecule has 1 saturated heterocycles. The van der Waals surface area contributed by atoms with Crippen molar-refractivity contribution in [2.75, 3.05) is 16.8 Å². The summed E-state index contributed by atoms with van der Waals surface area (Å²) in [5.41, 5.74) is 0.144. The highest BCUT2D eigenvalue weighted by Gasteiger charge is 2.66. The van der Waals surface area contributed by atoms with E-state index in [0.29, 0.717) is 47.6 Å². The van der Waals surface area contributed by atoms with Crippen molar-refractivity contribution in [2.24, 2.45) is 5.92 Å². The molecule has 1 aromatic heterocycles. The van der Waals surface area contributed by atoms with Gasteiger partial charge in [0.05, 0.1) is 29.0 Å². The van der Waals surface area contributed by atoms with Crippen molar-refractivity contribution in [2.45, 2.75) is 76.2 Å². The fourth-order valence-corrected chi connectivity index (χ4v) is 9.18. The van der Waals surface area contributed by atoms with Crippen LogP contribution in [0.4, 0.5) is 21.2 Å². The Balaban J connectivity index is 1.49. The number of aliphatic hydroxyl groups is 2. The molecule has 45 heavy (non-hydrogen) atoms. The summed E-state index contributed by atoms with van der Waals surface area (Å²) in [4.78, 5) is 39.2. The summed E-state index contributed by atoms with van der Waals surface area (Å²) in [6.45, 7) is 6.69. The predicted molar refractivity (Wildman–Crippen MR) is 165 cm³/mol. The van der Waals surface area contributed by atoms with Crippen LogP contribution in [-0.4, -0.2) is 69.2 Å². The van der Waals surface area contributed by atoms with Gasteiger partial charge in [-0.25, -0.2) is 0 Å². The maximum absolute atomic E-state index is 16.1. The van der Waals surface area contributed by atoms with Crippen LogP contribution in [0.1, 0.15) is 37.1 Å². The van der Waals surface area contributed by atoms with E-state index in [9.17, 15) is 29.9 Å². The number of aliphatic hydroxyl groups excluding tert-OH is 2. The van der Waals surface area contributed by atoms with Crippen LogP contribution in [0.15, 0.2) is 48.7 Å². The number of carbonyl (C=O) groups is 2. The maximum Gasteiger partial charge on any atom is 0.269 e. The number of halogens is 1. The van der Waals surface area contributed by atoms with Crippen LogP contribution in [0.2, 0.25) is 18.6 Å². The lowest BCUT2D eigenvalue weighted by molar-refractivity contribution is -0.385. The summed E-state index contributed by atoms with van der Waals surface area (Å²) in [5.74, 6) is -1.61. The van der Waals surface area contributed by atoms with E-state index in [1.807, 2.05) is 0 Å². The van der Waals surface area contributed by atoms with Gasteiger partial charge < -0.3 is 29.3 Å². The van der Waals surface area contributed by atoms with Crippen molar-refractivity contribution in [3.8, 4) is 0 Å². The van der Waals surface area contributed by atoms with Crippen LogP contribution in [0.5, 0.6) is 0 Å². The Bertz CT molecular complexity index is 1590. The first-order valence-corrected chi connectivity index (χ1v) is 17.8. The topological polar surface area (TPSA) is 173 Å². The van der Waals surface area contributed by atoms with Gasteiger partial charge in [0.1, 0.15) is 6.10 Å². The van der Waals surface area contributed by atoms with Gasteiger partial charge in [-0.05, 0) is 50.2 Å². The van der Waals surface area contributed by atoms with E-state index in [4.69, 9.17) is 4.74 Å². The van der Waals surface area contributed by atoms with Gasteiger partial charge >= 0.3 is 0 Å². The second-order valence-electron chi connectivity index (χ2n) is 12.2. The second-order valence-corrected chi connectivity index (χ2v) is 16.0. The lowest BCUT2D eigenvalue weighted by Gasteiger charge is -2.31. The van der Waals surface area contributed by atoms with Crippen molar-refractivity contribution in [1.29, 1.82) is 0 Å². The van der Waals surface area contributed by atoms with E-state index in [2.05, 4.69) is 15.6 Å². The molecular weight excluding hydrogens is 603 g/mol. The third-order valence-corrected chi connectivity index (χ3v) is 11.2. The first-order chi connectivity index (χ1) is 21.3. The van der Waals surface area contributed by atoms with Crippen LogP contribution in [0.25, 0.3) is 0 Å². The Morgan fingerprint density at radius 1 is 1.27 bits per heavy atom. The van der Waals surface area contributed by atoms with Gasteiger partial charge in [0.2, 0.25) is 8.41 Å². The van der Waals surface area contributed by atoms with Gasteiger partial charge in [0.15, 0.2) is 5.60 Å². The quantitative estimate of drug-likeness (QED) is 0.123. The van der Waals surface area contributed by atoms with E-state index >= 15 is 4.11 Å². The number of nitro benzene ring substituents is 1. The number of rotatable bonds is 11. The number of ether oxygens (including phenoxy) is 1. The van der Waals surface area contributed by atoms with Gasteiger partial charge in [-0.3, -0.25) is 24.4 Å². The average molecular weight is 641 g/mol. The zero-order chi connectivity index (χ0) is 32.7. The number of fused-ring (bicyclic) bond motifs is 2. The van der Waals surface area contributed by atoms with E-state index in [0.717, 1.165) is 0 Å². The van der Waals surface area contributed by atoms with E-state index in [1.165, 1.54) is 30.0 Å². The van der Waals surface area contributed by atoms with Crippen molar-refractivity contribution < 1.29 is 33.6 Å². The SMILES string of the molecule is C[C@H](O)C(=O)Nc1ccc(CN2C(=O)[C@]3(O[C@H](CCn4cc(CCO)nn4)[C@@H]([Si](C)(C)F)[C@@H]3C)c3cc([N+](=O)[O-])ccc32)cc1. The largest absolute Gasteiger partial charge is 0.396 e. The number of nitrogens with zero attached hydrogens (tertiary/aromatic N) is 5. The molecule has 3 N–H and O–H groups in total. The molecule has 3 heterocycles. The number of nitro groups is 1. The molecule has 240 valence electrons. The third-order valence-electron chi connectivity index (χ3n) is 8.69. The summed E-state index contributed by atoms with van der Waals surface area (Å²) in [7, 11) is -3.46. The van der Waals surface area contributed by atoms with Crippen LogP contribution >= 0.6 is 0 Å². The molecule has 2 amide bonds. The Morgan fingerprint density at radius 3 is 2.60 bits per heavy atom. The zero-order valence-electron chi connectivity index (χ0n) is 25.5. The van der Waals surface area contributed by atoms with Crippen molar-refractivity contribution in [1.82, 2.24) is 15.0 Å². The molecule has 1 spiro atoms. The minimum absolute atomic E-state index is 0.0674. The summed E-state index contributed by atoms with van der Waals surface area (Å²) in [5, 5.41) is 41.2. The Hall–Kier alpha value is -4.05. The normalized spacial score (nSPS) is 23.4. The van der Waals surface area contributed by atoms with E-state index in [1.54, 1.807) is 55.2 Å². The number of aryl methyl sites for hydroxylation is 1. The highest BCUT2D eigenvalue weighted by Crippen LogP contribution is 2.60. The molecule has 5 rings (SSSR count). The standard InChI is InChI=1S/C30H37FN6O7Si/c1-18-27(45(3,4)31)26(11-13-35-17-22(12-14-38)33-34-35)44-30(18)24-15-23(37(42)43)9-10-25(24)36(29(30)41)16-20-5-7-21(8-6-20)32-28(40)19(2)39/h5-10,15,17-19,26-27,38-39H,11-14,16H2,1-4H3,(H,32,40)/t18-,19-,26+,27-,30+/m0/s1. The van der Waals surface area contributed by atoms with Crippen molar-refractivity contribution >= 4 is 37.3 Å². The van der Waals surface area contributed by atoms with Crippen LogP contribution < -0.4 is 10.2 Å². The summed E-state index contributed by atoms with van der Waals surface area (Å²) < 4.78 is 24.4. The number of nitrogens with one attached hydrogen (secondary N) is 1. The molecule has 1 fully saturated rings. The first-order valence-electron chi connectivity index (χ1n) is 14.8. The number of carbonyl (C=O) groups excluding carboxylic acids is 2. The third kappa shape index (κ3) is 6.12. The highest BCUT2D eigenvalue weighted by atomic mass is 28.4. The van der Waals surface area contributed by atoms with Gasteiger partial charge in [-0.15, -0.1) is 5.10 Å². The first kappa shape index (κ1) is 32.3.